The summed E-state index contributed by atoms with van der Waals surface area (Å²) >= 11 is 0. The first-order chi connectivity index (χ1) is 17.4. The van der Waals surface area contributed by atoms with Crippen LogP contribution in [0.4, 0.5) is 5.69 Å². The number of hydrogen-bond acceptors (Lipinski definition) is 6. The van der Waals surface area contributed by atoms with Crippen LogP contribution in [0.1, 0.15) is 37.5 Å². The minimum atomic E-state index is -4.12. The second kappa shape index (κ2) is 10.3. The molecule has 1 aliphatic rings. The van der Waals surface area contributed by atoms with E-state index < -0.39 is 40.2 Å². The number of carbonyl (C=O) groups excluding carboxylic acids is 2. The van der Waals surface area contributed by atoms with Crippen LogP contribution in [0.25, 0.3) is 0 Å². The zero-order chi connectivity index (χ0) is 26.8. The molecule has 4 rings (SSSR count). The lowest BCUT2D eigenvalue weighted by atomic mass is 10.0. The number of aryl methyl sites for hydroxylation is 1. The number of carbonyl (C=O) groups is 2. The maximum Gasteiger partial charge on any atom is 0.326 e. The molecule has 0 saturated carbocycles. The molecule has 3 aromatic rings. The number of ether oxygens (including phenoxy) is 1. The molecule has 1 atom stereocenters. The molecule has 3 aromatic carbocycles. The van der Waals surface area contributed by atoms with E-state index in [1.165, 1.54) is 17.0 Å². The van der Waals surface area contributed by atoms with E-state index in [1.807, 2.05) is 37.3 Å². The minimum absolute atomic E-state index is 0.00261. The van der Waals surface area contributed by atoms with Gasteiger partial charge in [0.05, 0.1) is 16.3 Å². The molecule has 8 nitrogen and oxygen atoms in total. The highest BCUT2D eigenvalue weighted by Crippen LogP contribution is 2.29. The van der Waals surface area contributed by atoms with E-state index in [-0.39, 0.29) is 4.90 Å². The van der Waals surface area contributed by atoms with Gasteiger partial charge >= 0.3 is 5.97 Å². The van der Waals surface area contributed by atoms with Gasteiger partial charge in [0.2, 0.25) is 10.0 Å². The first-order valence-electron chi connectivity index (χ1n) is 11.8. The molecule has 1 N–H and O–H groups in total. The fourth-order valence-electron chi connectivity index (χ4n) is 3.93. The standard InChI is InChI=1S/C28H29N3O5S/c1-19-14-16-21(17-15-19)37(34,35)30-26-27(33)31(18-24(32)36-28(2,3)4)23-13-9-8-12-22(23)25(29-26)20-10-6-5-7-11-20/h5-17,26,30H,18H2,1-4H3. The lowest BCUT2D eigenvalue weighted by Gasteiger charge is -2.27. The van der Waals surface area contributed by atoms with Crippen LogP contribution >= 0.6 is 0 Å². The van der Waals surface area contributed by atoms with Gasteiger partial charge in [-0.2, -0.15) is 4.72 Å². The highest BCUT2D eigenvalue weighted by atomic mass is 32.2. The number of hydrogen-bond donors (Lipinski definition) is 1. The molecule has 0 aliphatic carbocycles. The molecular formula is C28H29N3O5S. The van der Waals surface area contributed by atoms with Crippen molar-refractivity contribution in [3.8, 4) is 0 Å². The number of rotatable bonds is 6. The fraction of sp³-hybridized carbons (Fsp3) is 0.250. The van der Waals surface area contributed by atoms with E-state index in [2.05, 4.69) is 9.71 Å². The third-order valence-electron chi connectivity index (χ3n) is 5.56. The maximum absolute atomic E-state index is 13.8. The van der Waals surface area contributed by atoms with Gasteiger partial charge in [0, 0.05) is 11.1 Å². The summed E-state index contributed by atoms with van der Waals surface area (Å²) in [4.78, 5) is 32.5. The average molecular weight is 520 g/mol. The summed E-state index contributed by atoms with van der Waals surface area (Å²) in [6.45, 7) is 6.64. The number of amides is 1. The minimum Gasteiger partial charge on any atom is -0.459 e. The van der Waals surface area contributed by atoms with Gasteiger partial charge in [0.1, 0.15) is 12.1 Å². The van der Waals surface area contributed by atoms with Gasteiger partial charge in [-0.1, -0.05) is 66.2 Å². The van der Waals surface area contributed by atoms with Gasteiger partial charge in [-0.3, -0.25) is 19.5 Å². The number of esters is 1. The number of benzene rings is 3. The van der Waals surface area contributed by atoms with E-state index in [1.54, 1.807) is 57.2 Å². The van der Waals surface area contributed by atoms with Crippen molar-refractivity contribution < 1.29 is 22.7 Å². The predicted octanol–water partition coefficient (Wildman–Crippen LogP) is 3.83. The Kier molecular flexibility index (Phi) is 7.29. The highest BCUT2D eigenvalue weighted by molar-refractivity contribution is 7.89. The summed E-state index contributed by atoms with van der Waals surface area (Å²) in [5.41, 5.74) is 2.27. The lowest BCUT2D eigenvalue weighted by molar-refractivity contribution is -0.153. The average Bonchev–Trinajstić information content (AvgIpc) is 2.94. The van der Waals surface area contributed by atoms with Crippen molar-refractivity contribution in [3.05, 3.63) is 95.6 Å². The number of nitrogens with one attached hydrogen (secondary N) is 1. The van der Waals surface area contributed by atoms with Gasteiger partial charge in [-0.25, -0.2) is 8.42 Å². The number of fused-ring (bicyclic) bond motifs is 1. The third-order valence-corrected chi connectivity index (χ3v) is 6.99. The van der Waals surface area contributed by atoms with Gasteiger partial charge in [-0.05, 0) is 45.9 Å². The molecule has 0 aromatic heterocycles. The SMILES string of the molecule is Cc1ccc(S(=O)(=O)NC2N=C(c3ccccc3)c3ccccc3N(CC(=O)OC(C)(C)C)C2=O)cc1. The molecule has 0 bridgehead atoms. The largest absolute Gasteiger partial charge is 0.459 e. The van der Waals surface area contributed by atoms with Crippen molar-refractivity contribution >= 4 is 33.3 Å². The number of para-hydroxylation sites is 1. The van der Waals surface area contributed by atoms with Crippen molar-refractivity contribution in [3.63, 3.8) is 0 Å². The van der Waals surface area contributed by atoms with Crippen LogP contribution in [-0.4, -0.2) is 44.3 Å². The third kappa shape index (κ3) is 6.12. The molecule has 0 spiro atoms. The van der Waals surface area contributed by atoms with E-state index in [4.69, 9.17) is 4.74 Å². The van der Waals surface area contributed by atoms with Gasteiger partial charge in [-0.15, -0.1) is 0 Å². The van der Waals surface area contributed by atoms with Crippen LogP contribution < -0.4 is 9.62 Å². The number of anilines is 1. The first-order valence-corrected chi connectivity index (χ1v) is 13.3. The van der Waals surface area contributed by atoms with E-state index in [0.29, 0.717) is 22.5 Å². The number of aliphatic imine (C=N–C) groups is 1. The Labute approximate surface area is 217 Å². The topological polar surface area (TPSA) is 105 Å². The predicted molar refractivity (Wildman–Crippen MR) is 142 cm³/mol. The van der Waals surface area contributed by atoms with Crippen molar-refractivity contribution in [2.45, 2.75) is 44.4 Å². The van der Waals surface area contributed by atoms with E-state index in [0.717, 1.165) is 5.56 Å². The summed E-state index contributed by atoms with van der Waals surface area (Å²) in [5.74, 6) is -1.32. The molecule has 9 heteroatoms. The second-order valence-corrected chi connectivity index (χ2v) is 11.4. The molecule has 192 valence electrons. The highest BCUT2D eigenvalue weighted by Gasteiger charge is 2.36. The second-order valence-electron chi connectivity index (χ2n) is 9.71. The summed E-state index contributed by atoms with van der Waals surface area (Å²) in [6.07, 6.45) is -1.52. The Hall–Kier alpha value is -3.82. The van der Waals surface area contributed by atoms with Crippen LogP contribution in [-0.2, 0) is 24.3 Å². The summed E-state index contributed by atoms with van der Waals surface area (Å²) in [5, 5.41) is 0. The molecule has 1 unspecified atom stereocenters. The Bertz CT molecular complexity index is 1440. The van der Waals surface area contributed by atoms with Crippen LogP contribution in [0.15, 0.2) is 88.8 Å². The van der Waals surface area contributed by atoms with Crippen LogP contribution in [0.3, 0.4) is 0 Å². The number of nitrogens with zero attached hydrogens (tertiary/aromatic N) is 2. The maximum atomic E-state index is 13.8. The molecule has 37 heavy (non-hydrogen) atoms. The molecule has 1 aliphatic heterocycles. The number of sulfonamides is 1. The fourth-order valence-corrected chi connectivity index (χ4v) is 5.01. The van der Waals surface area contributed by atoms with E-state index >= 15 is 0 Å². The Morgan fingerprint density at radius 1 is 0.973 bits per heavy atom. The molecule has 0 radical (unpaired) electrons. The molecule has 1 amide bonds. The first kappa shape index (κ1) is 26.2. The summed E-state index contributed by atoms with van der Waals surface area (Å²) in [7, 11) is -4.12. The molecule has 1 heterocycles. The quantitative estimate of drug-likeness (QED) is 0.499. The molecule has 0 fully saturated rings. The van der Waals surface area contributed by atoms with Crippen LogP contribution in [0, 0.1) is 6.92 Å². The number of benzodiazepines with no additional fused rings is 1. The van der Waals surface area contributed by atoms with Crippen molar-refractivity contribution in [2.75, 3.05) is 11.4 Å². The van der Waals surface area contributed by atoms with Crippen molar-refractivity contribution in [2.24, 2.45) is 4.99 Å². The Morgan fingerprint density at radius 3 is 2.24 bits per heavy atom. The smallest absolute Gasteiger partial charge is 0.326 e. The summed E-state index contributed by atoms with van der Waals surface area (Å²) < 4.78 is 34.4. The van der Waals surface area contributed by atoms with Crippen molar-refractivity contribution in [1.82, 2.24) is 4.72 Å². The Morgan fingerprint density at radius 2 is 1.59 bits per heavy atom. The lowest BCUT2D eigenvalue weighted by Crippen LogP contribution is -2.49. The molecular weight excluding hydrogens is 490 g/mol. The normalized spacial score (nSPS) is 16.0. The molecule has 0 saturated heterocycles. The van der Waals surface area contributed by atoms with Gasteiger partial charge < -0.3 is 4.74 Å². The zero-order valence-corrected chi connectivity index (χ0v) is 22.0. The summed E-state index contributed by atoms with van der Waals surface area (Å²) in [6, 6.07) is 22.5. The monoisotopic (exact) mass is 519 g/mol. The van der Waals surface area contributed by atoms with Gasteiger partial charge in [0.25, 0.3) is 5.91 Å². The Balaban J connectivity index is 1.82. The van der Waals surface area contributed by atoms with Crippen molar-refractivity contribution in [1.29, 1.82) is 0 Å². The van der Waals surface area contributed by atoms with Crippen LogP contribution in [0.5, 0.6) is 0 Å². The van der Waals surface area contributed by atoms with E-state index in [9.17, 15) is 18.0 Å². The van der Waals surface area contributed by atoms with Crippen LogP contribution in [0.2, 0.25) is 0 Å². The zero-order valence-electron chi connectivity index (χ0n) is 21.1. The van der Waals surface area contributed by atoms with Gasteiger partial charge in [0.15, 0.2) is 6.17 Å².